The maximum atomic E-state index is 14.5. The second-order valence-electron chi connectivity index (χ2n) is 8.13. The van der Waals surface area contributed by atoms with Gasteiger partial charge in [0.2, 0.25) is 24.4 Å². The first kappa shape index (κ1) is 30.4. The van der Waals surface area contributed by atoms with Gasteiger partial charge in [0.1, 0.15) is 17.3 Å². The molecule has 0 bridgehead atoms. The Labute approximate surface area is 237 Å². The number of hydrogen-bond acceptors (Lipinski definition) is 8. The maximum Gasteiger partial charge on any atom is 0.229 e. The van der Waals surface area contributed by atoms with E-state index < -0.39 is 57.6 Å². The number of ether oxygens (including phenoxy) is 3. The van der Waals surface area contributed by atoms with Crippen LogP contribution in [0.4, 0.5) is 55.2 Å². The minimum atomic E-state index is -2.79. The fraction of sp³-hybridized carbons (Fsp3) is 0.154. The van der Waals surface area contributed by atoms with Crippen LogP contribution in [0.15, 0.2) is 59.6 Å². The fourth-order valence-electron chi connectivity index (χ4n) is 3.42. The lowest BCUT2D eigenvalue weighted by atomic mass is 10.3. The molecule has 0 fully saturated rings. The molecule has 1 aromatic heterocycles. The van der Waals surface area contributed by atoms with Crippen LogP contribution in [-0.4, -0.2) is 41.4 Å². The van der Waals surface area contributed by atoms with Gasteiger partial charge in [0, 0.05) is 24.2 Å². The van der Waals surface area contributed by atoms with E-state index in [4.69, 9.17) is 9.47 Å². The van der Waals surface area contributed by atoms with Gasteiger partial charge in [0.05, 0.1) is 12.8 Å². The first-order valence-electron chi connectivity index (χ1n) is 11.8. The summed E-state index contributed by atoms with van der Waals surface area (Å²) in [6, 6.07) is 12.3. The highest BCUT2D eigenvalue weighted by molar-refractivity contribution is 7.86. The quantitative estimate of drug-likeness (QED) is 0.0717. The van der Waals surface area contributed by atoms with E-state index in [9.17, 15) is 30.6 Å². The molecule has 1 atom stereocenters. The molecular weight excluding hydrogens is 592 g/mol. The van der Waals surface area contributed by atoms with Crippen LogP contribution in [0.1, 0.15) is 0 Å². The summed E-state index contributed by atoms with van der Waals surface area (Å²) in [4.78, 5) is 6.72. The highest BCUT2D eigenvalue weighted by atomic mass is 32.2. The van der Waals surface area contributed by atoms with Crippen LogP contribution >= 0.6 is 0 Å². The molecule has 1 heterocycles. The van der Waals surface area contributed by atoms with E-state index >= 15 is 0 Å². The van der Waals surface area contributed by atoms with E-state index in [0.717, 1.165) is 6.20 Å². The molecule has 0 aliphatic rings. The van der Waals surface area contributed by atoms with Gasteiger partial charge in [-0.2, -0.15) is 9.37 Å². The van der Waals surface area contributed by atoms with Crippen molar-refractivity contribution in [3.8, 4) is 11.5 Å². The van der Waals surface area contributed by atoms with Crippen molar-refractivity contribution >= 4 is 39.8 Å². The molecule has 16 heteroatoms. The summed E-state index contributed by atoms with van der Waals surface area (Å²) in [5.74, 6) is -10.4. The zero-order chi connectivity index (χ0) is 30.2. The van der Waals surface area contributed by atoms with Crippen molar-refractivity contribution in [2.75, 3.05) is 42.5 Å². The third-order valence-electron chi connectivity index (χ3n) is 5.31. The Balaban J connectivity index is 1.49. The summed E-state index contributed by atoms with van der Waals surface area (Å²) < 4.78 is 113. The highest BCUT2D eigenvalue weighted by Crippen LogP contribution is 2.34. The van der Waals surface area contributed by atoms with Crippen molar-refractivity contribution in [3.63, 3.8) is 0 Å². The van der Waals surface area contributed by atoms with Crippen LogP contribution in [0, 0.1) is 29.1 Å². The molecule has 0 spiro atoms. The van der Waals surface area contributed by atoms with E-state index in [1.54, 1.807) is 31.4 Å². The van der Waals surface area contributed by atoms with E-state index in [-0.39, 0.29) is 23.1 Å². The highest BCUT2D eigenvalue weighted by Gasteiger charge is 2.30. The molecule has 1 unspecified atom stereocenters. The third kappa shape index (κ3) is 7.19. The van der Waals surface area contributed by atoms with E-state index in [2.05, 4.69) is 30.1 Å². The average Bonchev–Trinajstić information content (AvgIpc) is 2.98. The second kappa shape index (κ2) is 13.9. The standard InChI is InChI=1S/C26H21F6N5O4S/c1-39-9-10-40-17-7-5-14(6-8-17)35-26-33-12-18(28)25(36-26)34-15-3-2-4-16(11-15)37-42(38)24-22(32)20(30)19(29)21(31)23(24)41-13-27/h2-8,11-12,37H,9-10,13H2,1H3,(H2,33,34,35,36). The van der Waals surface area contributed by atoms with Crippen LogP contribution in [0.5, 0.6) is 11.5 Å². The van der Waals surface area contributed by atoms with Gasteiger partial charge in [-0.3, -0.25) is 0 Å². The topological polar surface area (TPSA) is 107 Å². The molecular formula is C26H21F6N5O4S. The predicted octanol–water partition coefficient (Wildman–Crippen LogP) is 6.13. The number of halogens is 6. The molecule has 3 aromatic carbocycles. The molecule has 0 amide bonds. The molecule has 222 valence electrons. The van der Waals surface area contributed by atoms with Crippen molar-refractivity contribution in [3.05, 3.63) is 83.8 Å². The maximum absolute atomic E-state index is 14.5. The van der Waals surface area contributed by atoms with Crippen LogP contribution in [0.25, 0.3) is 0 Å². The molecule has 0 saturated carbocycles. The molecule has 0 radical (unpaired) electrons. The smallest absolute Gasteiger partial charge is 0.229 e. The first-order chi connectivity index (χ1) is 20.2. The number of methoxy groups -OCH3 is 1. The number of rotatable bonds is 13. The Morgan fingerprint density at radius 1 is 0.833 bits per heavy atom. The largest absolute Gasteiger partial charge is 0.491 e. The minimum Gasteiger partial charge on any atom is -0.491 e. The molecule has 4 aromatic rings. The Hall–Kier alpha value is -4.57. The Bertz CT molecular complexity index is 1580. The molecule has 42 heavy (non-hydrogen) atoms. The van der Waals surface area contributed by atoms with Crippen molar-refractivity contribution < 1.29 is 44.8 Å². The SMILES string of the molecule is COCCOc1ccc(Nc2ncc(F)c(Nc3cccc(NS(=O)c4c(F)c(F)c(F)c(F)c4OCF)c3)n2)cc1. The lowest BCUT2D eigenvalue weighted by Gasteiger charge is -2.14. The average molecular weight is 614 g/mol. The van der Waals surface area contributed by atoms with Crippen molar-refractivity contribution in [2.45, 2.75) is 4.90 Å². The minimum absolute atomic E-state index is 0.0188. The van der Waals surface area contributed by atoms with Crippen molar-refractivity contribution in [2.24, 2.45) is 0 Å². The first-order valence-corrected chi connectivity index (χ1v) is 13.0. The summed E-state index contributed by atoms with van der Waals surface area (Å²) in [5.41, 5.74) is 0.752. The summed E-state index contributed by atoms with van der Waals surface area (Å²) >= 11 is 0. The van der Waals surface area contributed by atoms with Crippen LogP contribution < -0.4 is 24.8 Å². The van der Waals surface area contributed by atoms with Gasteiger partial charge >= 0.3 is 0 Å². The number of anilines is 5. The monoisotopic (exact) mass is 613 g/mol. The molecule has 9 nitrogen and oxygen atoms in total. The number of nitrogens with one attached hydrogen (secondary N) is 3. The lowest BCUT2D eigenvalue weighted by molar-refractivity contribution is 0.146. The van der Waals surface area contributed by atoms with Crippen LogP contribution in [0.2, 0.25) is 0 Å². The van der Waals surface area contributed by atoms with Gasteiger partial charge in [-0.05, 0) is 42.5 Å². The Kier molecular flexibility index (Phi) is 10.0. The van der Waals surface area contributed by atoms with Crippen LogP contribution in [0.3, 0.4) is 0 Å². The zero-order valence-corrected chi connectivity index (χ0v) is 22.3. The van der Waals surface area contributed by atoms with Gasteiger partial charge in [0.15, 0.2) is 40.0 Å². The fourth-order valence-corrected chi connectivity index (χ4v) is 4.43. The molecule has 0 aliphatic carbocycles. The van der Waals surface area contributed by atoms with Gasteiger partial charge in [-0.15, -0.1) is 0 Å². The summed E-state index contributed by atoms with van der Waals surface area (Å²) in [6.45, 7) is -0.930. The van der Waals surface area contributed by atoms with Crippen molar-refractivity contribution in [1.29, 1.82) is 0 Å². The Morgan fingerprint density at radius 3 is 2.26 bits per heavy atom. The Morgan fingerprint density at radius 2 is 1.55 bits per heavy atom. The lowest BCUT2D eigenvalue weighted by Crippen LogP contribution is -2.14. The van der Waals surface area contributed by atoms with Gasteiger partial charge in [-0.1, -0.05) is 6.07 Å². The van der Waals surface area contributed by atoms with E-state index in [1.807, 2.05) is 0 Å². The van der Waals surface area contributed by atoms with E-state index in [0.29, 0.717) is 24.7 Å². The van der Waals surface area contributed by atoms with Crippen LogP contribution in [-0.2, 0) is 15.7 Å². The summed E-state index contributed by atoms with van der Waals surface area (Å²) in [5, 5.41) is 5.62. The molecule has 4 rings (SSSR count). The zero-order valence-electron chi connectivity index (χ0n) is 21.5. The summed E-state index contributed by atoms with van der Waals surface area (Å²) in [6.07, 6.45) is 0.920. The number of alkyl halides is 1. The molecule has 0 aliphatic heterocycles. The predicted molar refractivity (Wildman–Crippen MR) is 142 cm³/mol. The number of hydrogen-bond donors (Lipinski definition) is 3. The summed E-state index contributed by atoms with van der Waals surface area (Å²) in [7, 11) is -1.23. The number of benzene rings is 3. The number of nitrogens with zero attached hydrogens (tertiary/aromatic N) is 2. The third-order valence-corrected chi connectivity index (χ3v) is 6.47. The molecule has 0 saturated heterocycles. The van der Waals surface area contributed by atoms with Gasteiger partial charge < -0.3 is 29.6 Å². The second-order valence-corrected chi connectivity index (χ2v) is 9.27. The van der Waals surface area contributed by atoms with Gasteiger partial charge in [-0.25, -0.2) is 31.1 Å². The van der Waals surface area contributed by atoms with Crippen molar-refractivity contribution in [1.82, 2.24) is 9.97 Å². The molecule has 3 N–H and O–H groups in total. The normalized spacial score (nSPS) is 11.6. The van der Waals surface area contributed by atoms with E-state index in [1.165, 1.54) is 24.3 Å². The van der Waals surface area contributed by atoms with Gasteiger partial charge in [0.25, 0.3) is 0 Å². The number of aromatic nitrogens is 2.